The standard InChI is InChI=1S/C41H66N8O6/c1-6-30(7-2)26-37(50)34(24-31-14-10-8-11-15-31)44-38(51)36(27-33-28-42-29-43-33)48(5)39(52)35(25-32-16-12-9-13-17-32)45-40(53)46(3)18-19-47(4)41(54)49-20-22-55-23-21-49/h9,12-13,16-17,28-31,34-37,50H,6-8,10-11,14-15,18-27H2,1-5H3,(H,42,43)(H,44,51)(H,45,53)/t34-,35-,36-,37-/m0/s1. The number of ether oxygens (including phenoxy) is 1. The van der Waals surface area contributed by atoms with E-state index in [2.05, 4.69) is 34.4 Å². The molecule has 14 nitrogen and oxygen atoms in total. The number of imidazole rings is 1. The van der Waals surface area contributed by atoms with Gasteiger partial charge in [0, 0.05) is 72.1 Å². The lowest BCUT2D eigenvalue weighted by Crippen LogP contribution is -2.59. The molecule has 1 aliphatic heterocycles. The van der Waals surface area contributed by atoms with Gasteiger partial charge in [-0.25, -0.2) is 14.6 Å². The summed E-state index contributed by atoms with van der Waals surface area (Å²) < 4.78 is 5.36. The van der Waals surface area contributed by atoms with Crippen molar-refractivity contribution >= 4 is 23.9 Å². The van der Waals surface area contributed by atoms with E-state index in [4.69, 9.17) is 4.74 Å². The van der Waals surface area contributed by atoms with Gasteiger partial charge < -0.3 is 45.1 Å². The molecule has 0 unspecified atom stereocenters. The van der Waals surface area contributed by atoms with Gasteiger partial charge in [-0.1, -0.05) is 89.1 Å². The van der Waals surface area contributed by atoms with E-state index < -0.39 is 36.2 Å². The smallest absolute Gasteiger partial charge is 0.319 e. The molecule has 0 radical (unpaired) electrons. The van der Waals surface area contributed by atoms with Crippen molar-refractivity contribution in [2.45, 2.75) is 109 Å². The second kappa shape index (κ2) is 22.4. The summed E-state index contributed by atoms with van der Waals surface area (Å²) in [4.78, 5) is 69.0. The van der Waals surface area contributed by atoms with E-state index in [0.29, 0.717) is 63.2 Å². The first-order chi connectivity index (χ1) is 26.5. The second-order valence-corrected chi connectivity index (χ2v) is 15.5. The van der Waals surface area contributed by atoms with Crippen LogP contribution >= 0.6 is 0 Å². The van der Waals surface area contributed by atoms with Crippen molar-refractivity contribution in [1.29, 1.82) is 0 Å². The molecule has 0 spiro atoms. The summed E-state index contributed by atoms with van der Waals surface area (Å²) in [6.07, 6.45) is 11.7. The maximum absolute atomic E-state index is 14.5. The third-order valence-corrected chi connectivity index (χ3v) is 11.5. The summed E-state index contributed by atoms with van der Waals surface area (Å²) in [5.41, 5.74) is 1.53. The molecule has 1 aromatic carbocycles. The zero-order valence-corrected chi connectivity index (χ0v) is 33.8. The van der Waals surface area contributed by atoms with Crippen molar-refractivity contribution in [2.75, 3.05) is 60.5 Å². The first kappa shape index (κ1) is 43.6. The number of aliphatic hydroxyl groups is 1. The quantitative estimate of drug-likeness (QED) is 0.168. The van der Waals surface area contributed by atoms with Crippen molar-refractivity contribution in [2.24, 2.45) is 11.8 Å². The van der Waals surface area contributed by atoms with Crippen LogP contribution in [-0.2, 0) is 27.2 Å². The number of nitrogens with one attached hydrogen (secondary N) is 3. The zero-order chi connectivity index (χ0) is 39.7. The summed E-state index contributed by atoms with van der Waals surface area (Å²) in [6.45, 7) is 6.85. The zero-order valence-electron chi connectivity index (χ0n) is 33.8. The fraction of sp³-hybridized carbons (Fsp3) is 0.683. The number of rotatable bonds is 19. The summed E-state index contributed by atoms with van der Waals surface area (Å²) in [6, 6.07) is 6.45. The van der Waals surface area contributed by atoms with Crippen LogP contribution in [0.25, 0.3) is 0 Å². The minimum absolute atomic E-state index is 0.124. The Balaban J connectivity index is 1.52. The molecule has 1 aliphatic carbocycles. The molecule has 2 aromatic rings. The summed E-state index contributed by atoms with van der Waals surface area (Å²) in [5.74, 6) is -0.0199. The SMILES string of the molecule is CCC(CC)C[C@H](O)[C@H](CC1CCCCC1)NC(=O)[C@H](Cc1cnc[nH]1)N(C)C(=O)[C@H](Cc1ccccc1)NC(=O)N(C)CCN(C)C(=O)N1CCOCC1. The fourth-order valence-corrected chi connectivity index (χ4v) is 7.71. The second-order valence-electron chi connectivity index (χ2n) is 15.5. The Hall–Kier alpha value is -4.17. The van der Waals surface area contributed by atoms with Gasteiger partial charge >= 0.3 is 12.1 Å². The third-order valence-electron chi connectivity index (χ3n) is 11.5. The number of hydrogen-bond donors (Lipinski definition) is 4. The Morgan fingerprint density at radius 2 is 1.62 bits per heavy atom. The van der Waals surface area contributed by atoms with E-state index >= 15 is 0 Å². The van der Waals surface area contributed by atoms with Crippen LogP contribution in [0, 0.1) is 11.8 Å². The highest BCUT2D eigenvalue weighted by atomic mass is 16.5. The van der Waals surface area contributed by atoms with Crippen LogP contribution in [0.3, 0.4) is 0 Å². The predicted octanol–water partition coefficient (Wildman–Crippen LogP) is 4.06. The Morgan fingerprint density at radius 3 is 2.25 bits per heavy atom. The van der Waals surface area contributed by atoms with Crippen LogP contribution in [-0.4, -0.2) is 143 Å². The monoisotopic (exact) mass is 767 g/mol. The Labute approximate surface area is 327 Å². The summed E-state index contributed by atoms with van der Waals surface area (Å²) in [7, 11) is 4.93. The van der Waals surface area contributed by atoms with Gasteiger partial charge in [0.1, 0.15) is 12.1 Å². The van der Waals surface area contributed by atoms with E-state index in [9.17, 15) is 24.3 Å². The Kier molecular flexibility index (Phi) is 17.7. The maximum Gasteiger partial charge on any atom is 0.319 e. The highest BCUT2D eigenvalue weighted by Gasteiger charge is 2.36. The number of morpholine rings is 1. The number of nitrogens with zero attached hydrogens (tertiary/aromatic N) is 5. The lowest BCUT2D eigenvalue weighted by Gasteiger charge is -2.35. The molecule has 1 aromatic heterocycles. The first-order valence-corrected chi connectivity index (χ1v) is 20.4. The molecule has 6 amide bonds. The largest absolute Gasteiger partial charge is 0.391 e. The normalized spacial score (nSPS) is 17.2. The molecular weight excluding hydrogens is 701 g/mol. The minimum Gasteiger partial charge on any atom is -0.391 e. The number of aromatic nitrogens is 2. The summed E-state index contributed by atoms with van der Waals surface area (Å²) >= 11 is 0. The molecule has 4 N–H and O–H groups in total. The lowest BCUT2D eigenvalue weighted by atomic mass is 9.82. The van der Waals surface area contributed by atoms with Gasteiger partial charge in [-0.2, -0.15) is 0 Å². The topological polar surface area (TPSA) is 163 Å². The number of carbonyl (C=O) groups is 4. The molecule has 1 saturated carbocycles. The molecule has 2 fully saturated rings. The number of aliphatic hydroxyl groups excluding tert-OH is 1. The van der Waals surface area contributed by atoms with Crippen LogP contribution < -0.4 is 10.6 Å². The average molecular weight is 767 g/mol. The highest BCUT2D eigenvalue weighted by molar-refractivity contribution is 5.92. The maximum atomic E-state index is 14.5. The molecule has 0 bridgehead atoms. The number of H-pyrrole nitrogens is 1. The number of likely N-dealkylation sites (N-methyl/N-ethyl adjacent to an activating group) is 3. The highest BCUT2D eigenvalue weighted by Crippen LogP contribution is 2.29. The van der Waals surface area contributed by atoms with Gasteiger partial charge in [-0.3, -0.25) is 9.59 Å². The summed E-state index contributed by atoms with van der Waals surface area (Å²) in [5, 5.41) is 17.7. The number of benzene rings is 1. The van der Waals surface area contributed by atoms with Gasteiger partial charge in [0.2, 0.25) is 11.8 Å². The molecule has 1 saturated heterocycles. The van der Waals surface area contributed by atoms with Crippen LogP contribution in [0.1, 0.15) is 82.9 Å². The number of amides is 6. The van der Waals surface area contributed by atoms with Crippen molar-refractivity contribution in [3.63, 3.8) is 0 Å². The number of urea groups is 2. The van der Waals surface area contributed by atoms with Gasteiger partial charge in [-0.15, -0.1) is 0 Å². The molecule has 2 heterocycles. The molecule has 2 aliphatic rings. The van der Waals surface area contributed by atoms with Gasteiger partial charge in [0.15, 0.2) is 0 Å². The van der Waals surface area contributed by atoms with Crippen molar-refractivity contribution in [3.05, 3.63) is 54.1 Å². The lowest BCUT2D eigenvalue weighted by molar-refractivity contribution is -0.141. The number of aromatic amines is 1. The van der Waals surface area contributed by atoms with Crippen molar-refractivity contribution in [1.82, 2.24) is 40.2 Å². The molecule has 55 heavy (non-hydrogen) atoms. The first-order valence-electron chi connectivity index (χ1n) is 20.4. The van der Waals surface area contributed by atoms with E-state index in [1.807, 2.05) is 30.3 Å². The molecule has 4 rings (SSSR count). The molecule has 4 atom stereocenters. The van der Waals surface area contributed by atoms with E-state index in [1.54, 1.807) is 37.1 Å². The van der Waals surface area contributed by atoms with Crippen LogP contribution in [0.2, 0.25) is 0 Å². The van der Waals surface area contributed by atoms with Crippen molar-refractivity contribution < 1.29 is 29.0 Å². The van der Waals surface area contributed by atoms with Gasteiger partial charge in [-0.05, 0) is 30.2 Å². The van der Waals surface area contributed by atoms with Gasteiger partial charge in [0.05, 0.1) is 31.7 Å². The molecule has 306 valence electrons. The third kappa shape index (κ3) is 13.5. The Bertz CT molecular complexity index is 1450. The number of carbonyl (C=O) groups excluding carboxylic acids is 4. The van der Waals surface area contributed by atoms with E-state index in [0.717, 1.165) is 44.1 Å². The van der Waals surface area contributed by atoms with Gasteiger partial charge in [0.25, 0.3) is 0 Å². The molecular formula is C41H66N8O6. The minimum atomic E-state index is -0.995. The van der Waals surface area contributed by atoms with Crippen LogP contribution in [0.15, 0.2) is 42.9 Å². The average Bonchev–Trinajstić information content (AvgIpc) is 3.74. The van der Waals surface area contributed by atoms with Crippen molar-refractivity contribution in [3.8, 4) is 0 Å². The molecule has 14 heteroatoms. The van der Waals surface area contributed by atoms with Crippen LogP contribution in [0.4, 0.5) is 9.59 Å². The predicted molar refractivity (Wildman–Crippen MR) is 212 cm³/mol. The van der Waals surface area contributed by atoms with Crippen LogP contribution in [0.5, 0.6) is 0 Å². The fourth-order valence-electron chi connectivity index (χ4n) is 7.71. The number of hydrogen-bond acceptors (Lipinski definition) is 7. The Morgan fingerprint density at radius 1 is 0.945 bits per heavy atom. The van der Waals surface area contributed by atoms with E-state index in [-0.39, 0.29) is 31.3 Å². The van der Waals surface area contributed by atoms with E-state index in [1.165, 1.54) is 22.5 Å².